The molecule has 1 aliphatic rings. The first-order valence-electron chi connectivity index (χ1n) is 9.38. The number of amidine groups is 2. The second-order valence-electron chi connectivity index (χ2n) is 9.25. The van der Waals surface area contributed by atoms with E-state index < -0.39 is 0 Å². The molecule has 2 aromatic carbocycles. The van der Waals surface area contributed by atoms with Crippen LogP contribution in [0.2, 0.25) is 0 Å². The number of nitrogens with zero attached hydrogens (tertiary/aromatic N) is 1. The Balaban J connectivity index is 2.08. The fraction of sp³-hybridized carbons (Fsp3) is 0.333. The van der Waals surface area contributed by atoms with Gasteiger partial charge in [-0.2, -0.15) is 0 Å². The van der Waals surface area contributed by atoms with Crippen molar-refractivity contribution in [1.82, 2.24) is 0 Å². The van der Waals surface area contributed by atoms with Crippen LogP contribution in [0.15, 0.2) is 53.5 Å². The molecule has 27 heavy (non-hydrogen) atoms. The van der Waals surface area contributed by atoms with Gasteiger partial charge >= 0.3 is 0 Å². The number of nitrogens with two attached hydrogens (primary N) is 1. The lowest BCUT2D eigenvalue weighted by Gasteiger charge is -2.20. The van der Waals surface area contributed by atoms with Crippen molar-refractivity contribution in [1.29, 1.82) is 5.41 Å². The molecule has 0 fully saturated rings. The van der Waals surface area contributed by atoms with Crippen molar-refractivity contribution in [2.45, 2.75) is 52.4 Å². The summed E-state index contributed by atoms with van der Waals surface area (Å²) in [4.78, 5) is 4.25. The maximum atomic E-state index is 8.35. The Morgan fingerprint density at radius 3 is 1.41 bits per heavy atom. The maximum absolute atomic E-state index is 8.35. The van der Waals surface area contributed by atoms with Crippen LogP contribution in [0, 0.1) is 5.41 Å². The van der Waals surface area contributed by atoms with Crippen molar-refractivity contribution in [3.8, 4) is 0 Å². The van der Waals surface area contributed by atoms with Gasteiger partial charge in [0.1, 0.15) is 5.84 Å². The highest BCUT2D eigenvalue weighted by atomic mass is 14.9. The molecule has 0 amide bonds. The third-order valence-electron chi connectivity index (χ3n) is 5.05. The largest absolute Gasteiger partial charge is 0.383 e. The van der Waals surface area contributed by atoms with Gasteiger partial charge in [-0.25, -0.2) is 4.99 Å². The van der Waals surface area contributed by atoms with Gasteiger partial charge in [-0.3, -0.25) is 5.41 Å². The minimum Gasteiger partial charge on any atom is -0.383 e. The number of nitrogens with one attached hydrogen (secondary N) is 1. The number of hydrogen-bond acceptors (Lipinski definition) is 2. The van der Waals surface area contributed by atoms with E-state index in [0.717, 1.165) is 22.3 Å². The van der Waals surface area contributed by atoms with Crippen LogP contribution in [0.4, 0.5) is 0 Å². The molecular formula is C24H29N3. The van der Waals surface area contributed by atoms with Gasteiger partial charge in [-0.1, -0.05) is 90.1 Å². The van der Waals surface area contributed by atoms with Gasteiger partial charge in [0, 0.05) is 11.1 Å². The van der Waals surface area contributed by atoms with Crippen molar-refractivity contribution in [3.63, 3.8) is 0 Å². The Labute approximate surface area is 162 Å². The molecule has 0 radical (unpaired) electrons. The highest BCUT2D eigenvalue weighted by molar-refractivity contribution is 6.48. The molecule has 0 bridgehead atoms. The highest BCUT2D eigenvalue weighted by Gasteiger charge is 2.26. The summed E-state index contributed by atoms with van der Waals surface area (Å²) in [5.41, 5.74) is 12.6. The Hall–Kier alpha value is -2.68. The molecule has 0 atom stereocenters. The highest BCUT2D eigenvalue weighted by Crippen LogP contribution is 2.34. The molecule has 0 saturated carbocycles. The van der Waals surface area contributed by atoms with Crippen LogP contribution in [-0.2, 0) is 10.8 Å². The zero-order chi connectivity index (χ0) is 20.0. The third kappa shape index (κ3) is 3.73. The Morgan fingerprint density at radius 2 is 1.04 bits per heavy atom. The molecule has 1 aliphatic heterocycles. The lowest BCUT2D eigenvalue weighted by molar-refractivity contribution is 0.590. The van der Waals surface area contributed by atoms with Crippen molar-refractivity contribution in [3.05, 3.63) is 70.8 Å². The first-order chi connectivity index (χ1) is 12.5. The van der Waals surface area contributed by atoms with E-state index in [4.69, 9.17) is 11.1 Å². The zero-order valence-electron chi connectivity index (χ0n) is 17.1. The SMILES string of the molecule is CC(C)(C)c1ccc(C2=C(c3ccc(C(C)(C)C)cc3)C(N)=NC2=N)cc1. The summed E-state index contributed by atoms with van der Waals surface area (Å²) >= 11 is 0. The summed E-state index contributed by atoms with van der Waals surface area (Å²) in [7, 11) is 0. The first kappa shape index (κ1) is 19.1. The smallest absolute Gasteiger partial charge is 0.155 e. The van der Waals surface area contributed by atoms with Gasteiger partial charge in [0.25, 0.3) is 0 Å². The number of rotatable bonds is 2. The van der Waals surface area contributed by atoms with Crippen molar-refractivity contribution < 1.29 is 0 Å². The molecule has 0 aromatic heterocycles. The fourth-order valence-electron chi connectivity index (χ4n) is 3.33. The summed E-state index contributed by atoms with van der Waals surface area (Å²) in [6.45, 7) is 13.2. The monoisotopic (exact) mass is 359 g/mol. The van der Waals surface area contributed by atoms with E-state index in [2.05, 4.69) is 95.1 Å². The van der Waals surface area contributed by atoms with Gasteiger partial charge in [0.2, 0.25) is 0 Å². The van der Waals surface area contributed by atoms with E-state index in [0.29, 0.717) is 5.84 Å². The predicted octanol–water partition coefficient (Wildman–Crippen LogP) is 5.54. The zero-order valence-corrected chi connectivity index (χ0v) is 17.1. The minimum atomic E-state index is 0.0945. The summed E-state index contributed by atoms with van der Waals surface area (Å²) in [5.74, 6) is 0.643. The van der Waals surface area contributed by atoms with E-state index >= 15 is 0 Å². The molecule has 3 nitrogen and oxygen atoms in total. The number of aliphatic imine (C=N–C) groups is 1. The van der Waals surface area contributed by atoms with Crippen LogP contribution < -0.4 is 5.73 Å². The standard InChI is InChI=1S/C24H29N3/c1-23(2,3)17-11-7-15(8-12-17)19-20(22(26)27-21(19)25)16-9-13-18(14-10-16)24(4,5)6/h7-14H,1-6H3,(H3,25,26,27). The lowest BCUT2D eigenvalue weighted by Crippen LogP contribution is -2.13. The molecular weight excluding hydrogens is 330 g/mol. The summed E-state index contributed by atoms with van der Waals surface area (Å²) in [5, 5.41) is 8.35. The molecule has 3 N–H and O–H groups in total. The summed E-state index contributed by atoms with van der Waals surface area (Å²) < 4.78 is 0. The molecule has 0 unspecified atom stereocenters. The molecule has 0 spiro atoms. The number of hydrogen-bond donors (Lipinski definition) is 2. The molecule has 140 valence electrons. The number of benzene rings is 2. The van der Waals surface area contributed by atoms with E-state index in [1.807, 2.05) is 0 Å². The van der Waals surface area contributed by atoms with Crippen molar-refractivity contribution >= 4 is 22.8 Å². The van der Waals surface area contributed by atoms with Gasteiger partial charge in [-0.05, 0) is 33.1 Å². The van der Waals surface area contributed by atoms with E-state index in [9.17, 15) is 0 Å². The fourth-order valence-corrected chi connectivity index (χ4v) is 3.33. The quantitative estimate of drug-likeness (QED) is 0.726. The third-order valence-corrected chi connectivity index (χ3v) is 5.05. The van der Waals surface area contributed by atoms with Gasteiger partial charge in [0.05, 0.1) is 0 Å². The molecule has 0 aliphatic carbocycles. The predicted molar refractivity (Wildman–Crippen MR) is 116 cm³/mol. The van der Waals surface area contributed by atoms with Gasteiger partial charge < -0.3 is 5.73 Å². The van der Waals surface area contributed by atoms with Crippen LogP contribution in [0.1, 0.15) is 63.8 Å². The summed E-state index contributed by atoms with van der Waals surface area (Å²) in [6, 6.07) is 16.8. The van der Waals surface area contributed by atoms with E-state index in [-0.39, 0.29) is 16.7 Å². The van der Waals surface area contributed by atoms with Gasteiger partial charge in [0.15, 0.2) is 5.84 Å². The van der Waals surface area contributed by atoms with Crippen LogP contribution in [0.3, 0.4) is 0 Å². The maximum Gasteiger partial charge on any atom is 0.155 e. The van der Waals surface area contributed by atoms with Crippen molar-refractivity contribution in [2.24, 2.45) is 10.7 Å². The normalized spacial score (nSPS) is 15.3. The average Bonchev–Trinajstić information content (AvgIpc) is 2.87. The molecule has 3 heteroatoms. The van der Waals surface area contributed by atoms with Crippen LogP contribution >= 0.6 is 0 Å². The molecule has 3 rings (SSSR count). The van der Waals surface area contributed by atoms with Crippen LogP contribution in [0.25, 0.3) is 11.1 Å². The summed E-state index contributed by atoms with van der Waals surface area (Å²) in [6.07, 6.45) is 0. The minimum absolute atomic E-state index is 0.0945. The topological polar surface area (TPSA) is 62.2 Å². The van der Waals surface area contributed by atoms with Crippen LogP contribution in [0.5, 0.6) is 0 Å². The Kier molecular flexibility index (Phi) is 4.59. The van der Waals surface area contributed by atoms with Crippen LogP contribution in [-0.4, -0.2) is 11.7 Å². The van der Waals surface area contributed by atoms with Crippen molar-refractivity contribution in [2.75, 3.05) is 0 Å². The van der Waals surface area contributed by atoms with E-state index in [1.165, 1.54) is 11.1 Å². The second-order valence-corrected chi connectivity index (χ2v) is 9.25. The molecule has 1 heterocycles. The van der Waals surface area contributed by atoms with Gasteiger partial charge in [-0.15, -0.1) is 0 Å². The van der Waals surface area contributed by atoms with E-state index in [1.54, 1.807) is 0 Å². The average molecular weight is 360 g/mol. The first-order valence-corrected chi connectivity index (χ1v) is 9.38. The second kappa shape index (κ2) is 6.49. The lowest BCUT2D eigenvalue weighted by atomic mass is 9.84. The molecule has 0 saturated heterocycles. The Morgan fingerprint density at radius 1 is 0.667 bits per heavy atom. The molecule has 2 aromatic rings. The Bertz CT molecular complexity index is 929.